The Morgan fingerprint density at radius 2 is 1.88 bits per heavy atom. The number of rotatable bonds is 12. The second-order valence-corrected chi connectivity index (χ2v) is 7.32. The van der Waals surface area contributed by atoms with Gasteiger partial charge in [0, 0.05) is 18.6 Å². The molecule has 1 atom stereocenters. The van der Waals surface area contributed by atoms with Crippen LogP contribution in [-0.2, 0) is 25.9 Å². The fraction of sp³-hybridized carbons (Fsp3) is 0.588. The topological polar surface area (TPSA) is 114 Å². The minimum Gasteiger partial charge on any atom is -0.445 e. The molecule has 26 heavy (non-hydrogen) atoms. The lowest BCUT2D eigenvalue weighted by Crippen LogP contribution is -2.46. The summed E-state index contributed by atoms with van der Waals surface area (Å²) in [5, 5.41) is 5.92. The highest BCUT2D eigenvalue weighted by Crippen LogP contribution is 2.16. The lowest BCUT2D eigenvalue weighted by Gasteiger charge is -2.31. The molecule has 9 heteroatoms. The molecule has 0 bridgehead atoms. The molecule has 0 aliphatic carbocycles. The van der Waals surface area contributed by atoms with Gasteiger partial charge in [-0.1, -0.05) is 43.7 Å². The van der Waals surface area contributed by atoms with Gasteiger partial charge < -0.3 is 15.4 Å². The SMILES string of the molecule is CCCC(C)(CCNC(=O)OCc1ccccc1)NCCOS(=O)(=O)O. The molecule has 1 unspecified atom stereocenters. The zero-order valence-electron chi connectivity index (χ0n) is 15.2. The molecule has 1 rings (SSSR count). The number of hydrogen-bond donors (Lipinski definition) is 3. The molecule has 0 aliphatic heterocycles. The van der Waals surface area contributed by atoms with Crippen LogP contribution in [-0.4, -0.2) is 44.3 Å². The largest absolute Gasteiger partial charge is 0.445 e. The van der Waals surface area contributed by atoms with Gasteiger partial charge in [-0.25, -0.2) is 8.98 Å². The number of nitrogens with one attached hydrogen (secondary N) is 2. The van der Waals surface area contributed by atoms with Crippen LogP contribution in [0, 0.1) is 0 Å². The van der Waals surface area contributed by atoms with Gasteiger partial charge in [-0.2, -0.15) is 8.42 Å². The van der Waals surface area contributed by atoms with Crippen LogP contribution in [0.5, 0.6) is 0 Å². The van der Waals surface area contributed by atoms with Crippen LogP contribution in [0.25, 0.3) is 0 Å². The Labute approximate surface area is 155 Å². The van der Waals surface area contributed by atoms with Crippen LogP contribution < -0.4 is 10.6 Å². The summed E-state index contributed by atoms with van der Waals surface area (Å²) in [7, 11) is -4.43. The number of carbonyl (C=O) groups excluding carboxylic acids is 1. The van der Waals surface area contributed by atoms with Crippen molar-refractivity contribution >= 4 is 16.5 Å². The molecule has 8 nitrogen and oxygen atoms in total. The third-order valence-corrected chi connectivity index (χ3v) is 4.31. The highest BCUT2D eigenvalue weighted by molar-refractivity contribution is 7.80. The number of benzene rings is 1. The zero-order valence-corrected chi connectivity index (χ0v) is 16.0. The Morgan fingerprint density at radius 1 is 1.19 bits per heavy atom. The van der Waals surface area contributed by atoms with Crippen molar-refractivity contribution in [1.29, 1.82) is 0 Å². The highest BCUT2D eigenvalue weighted by atomic mass is 32.3. The van der Waals surface area contributed by atoms with Gasteiger partial charge in [0.1, 0.15) is 6.61 Å². The summed E-state index contributed by atoms with van der Waals surface area (Å²) in [5.74, 6) is 0. The molecule has 3 N–H and O–H groups in total. The first kappa shape index (κ1) is 22.4. The number of amides is 1. The average Bonchev–Trinajstić information content (AvgIpc) is 2.57. The molecule has 0 fully saturated rings. The third kappa shape index (κ3) is 10.3. The van der Waals surface area contributed by atoms with Crippen LogP contribution in [0.2, 0.25) is 0 Å². The zero-order chi connectivity index (χ0) is 19.5. The van der Waals surface area contributed by atoms with Gasteiger partial charge in [0.2, 0.25) is 0 Å². The second-order valence-electron chi connectivity index (χ2n) is 6.23. The molecule has 0 heterocycles. The van der Waals surface area contributed by atoms with Gasteiger partial charge in [-0.3, -0.25) is 4.55 Å². The summed E-state index contributed by atoms with van der Waals surface area (Å²) in [6, 6.07) is 9.41. The van der Waals surface area contributed by atoms with E-state index in [9.17, 15) is 13.2 Å². The van der Waals surface area contributed by atoms with Gasteiger partial charge in [0.05, 0.1) is 6.61 Å². The van der Waals surface area contributed by atoms with Crippen molar-refractivity contribution in [2.45, 2.75) is 45.3 Å². The fourth-order valence-electron chi connectivity index (χ4n) is 2.57. The summed E-state index contributed by atoms with van der Waals surface area (Å²) in [6.07, 6.45) is 1.90. The quantitative estimate of drug-likeness (QED) is 0.372. The summed E-state index contributed by atoms with van der Waals surface area (Å²) < 4.78 is 39.1. The molecule has 148 valence electrons. The summed E-state index contributed by atoms with van der Waals surface area (Å²) in [4.78, 5) is 11.8. The molecular weight excluding hydrogens is 360 g/mol. The fourth-order valence-corrected chi connectivity index (χ4v) is 2.86. The molecule has 1 amide bonds. The third-order valence-electron chi connectivity index (χ3n) is 3.85. The van der Waals surface area contributed by atoms with Gasteiger partial charge in [-0.05, 0) is 25.3 Å². The van der Waals surface area contributed by atoms with Crippen LogP contribution in [0.4, 0.5) is 4.79 Å². The van der Waals surface area contributed by atoms with Crippen molar-refractivity contribution in [2.75, 3.05) is 19.7 Å². The predicted molar refractivity (Wildman–Crippen MR) is 98.1 cm³/mol. The summed E-state index contributed by atoms with van der Waals surface area (Å²) in [5.41, 5.74) is 0.614. The Hall–Kier alpha value is -1.68. The highest BCUT2D eigenvalue weighted by Gasteiger charge is 2.22. The van der Waals surface area contributed by atoms with E-state index >= 15 is 0 Å². The maximum atomic E-state index is 11.8. The first-order valence-electron chi connectivity index (χ1n) is 8.55. The normalized spacial score (nSPS) is 13.8. The van der Waals surface area contributed by atoms with Gasteiger partial charge in [-0.15, -0.1) is 0 Å². The van der Waals surface area contributed by atoms with Crippen molar-refractivity contribution in [3.8, 4) is 0 Å². The summed E-state index contributed by atoms with van der Waals surface area (Å²) >= 11 is 0. The number of hydrogen-bond acceptors (Lipinski definition) is 6. The van der Waals surface area contributed by atoms with E-state index in [4.69, 9.17) is 9.29 Å². The van der Waals surface area contributed by atoms with Crippen LogP contribution >= 0.6 is 0 Å². The first-order chi connectivity index (χ1) is 12.2. The number of ether oxygens (including phenoxy) is 1. The molecule has 0 spiro atoms. The predicted octanol–water partition coefficient (Wildman–Crippen LogP) is 2.27. The van der Waals surface area contributed by atoms with Crippen LogP contribution in [0.1, 0.15) is 38.7 Å². The Morgan fingerprint density at radius 3 is 2.50 bits per heavy atom. The first-order valence-corrected chi connectivity index (χ1v) is 9.92. The Bertz CT molecular complexity index is 638. The van der Waals surface area contributed by atoms with Crippen molar-refractivity contribution in [3.05, 3.63) is 35.9 Å². The maximum Gasteiger partial charge on any atom is 0.407 e. The van der Waals surface area contributed by atoms with E-state index < -0.39 is 16.5 Å². The lowest BCUT2D eigenvalue weighted by molar-refractivity contribution is 0.138. The number of alkyl carbamates (subject to hydrolysis) is 1. The molecular formula is C17H28N2O6S. The van der Waals surface area contributed by atoms with E-state index in [1.54, 1.807) is 0 Å². The molecule has 1 aromatic carbocycles. The van der Waals surface area contributed by atoms with Crippen LogP contribution in [0.3, 0.4) is 0 Å². The smallest absolute Gasteiger partial charge is 0.407 e. The molecule has 0 saturated heterocycles. The lowest BCUT2D eigenvalue weighted by atomic mass is 9.92. The van der Waals surface area contributed by atoms with E-state index in [2.05, 4.69) is 14.8 Å². The molecule has 0 radical (unpaired) electrons. The minimum absolute atomic E-state index is 0.162. The van der Waals surface area contributed by atoms with E-state index in [0.29, 0.717) is 13.0 Å². The molecule has 1 aromatic rings. The Balaban J connectivity index is 2.31. The van der Waals surface area contributed by atoms with E-state index in [-0.39, 0.29) is 25.3 Å². The van der Waals surface area contributed by atoms with E-state index in [1.165, 1.54) is 0 Å². The van der Waals surface area contributed by atoms with Gasteiger partial charge >= 0.3 is 16.5 Å². The van der Waals surface area contributed by atoms with Crippen molar-refractivity contribution in [1.82, 2.24) is 10.6 Å². The standard InChI is InChI=1S/C17H28N2O6S/c1-3-9-17(2,19-12-13-25-26(21,22)23)10-11-18-16(20)24-14-15-7-5-4-6-8-15/h4-8,19H,3,9-14H2,1-2H3,(H,18,20)(H,21,22,23). The molecule has 0 saturated carbocycles. The maximum absolute atomic E-state index is 11.8. The van der Waals surface area contributed by atoms with E-state index in [1.807, 2.05) is 44.2 Å². The van der Waals surface area contributed by atoms with Crippen molar-refractivity contribution < 1.29 is 26.7 Å². The minimum atomic E-state index is -4.43. The van der Waals surface area contributed by atoms with Gasteiger partial charge in [0.15, 0.2) is 0 Å². The van der Waals surface area contributed by atoms with E-state index in [0.717, 1.165) is 18.4 Å². The van der Waals surface area contributed by atoms with Gasteiger partial charge in [0.25, 0.3) is 0 Å². The average molecular weight is 388 g/mol. The molecule has 0 aromatic heterocycles. The van der Waals surface area contributed by atoms with Crippen LogP contribution in [0.15, 0.2) is 30.3 Å². The summed E-state index contributed by atoms with van der Waals surface area (Å²) in [6.45, 7) is 4.75. The van der Waals surface area contributed by atoms with Crippen molar-refractivity contribution in [3.63, 3.8) is 0 Å². The van der Waals surface area contributed by atoms with Crippen molar-refractivity contribution in [2.24, 2.45) is 0 Å². The Kier molecular flexibility index (Phi) is 9.57. The molecule has 0 aliphatic rings. The second kappa shape index (κ2) is 11.1. The monoisotopic (exact) mass is 388 g/mol. The number of carbonyl (C=O) groups is 1.